The van der Waals surface area contributed by atoms with E-state index in [4.69, 9.17) is 5.73 Å². The molecule has 0 aromatic heterocycles. The van der Waals surface area contributed by atoms with E-state index in [1.54, 1.807) is 17.9 Å². The van der Waals surface area contributed by atoms with Gasteiger partial charge in [0.15, 0.2) is 0 Å². The van der Waals surface area contributed by atoms with Crippen LogP contribution in [0.4, 0.5) is 18.0 Å². The molecule has 0 saturated carbocycles. The summed E-state index contributed by atoms with van der Waals surface area (Å²) in [6.45, 7) is 2.76. The van der Waals surface area contributed by atoms with Crippen molar-refractivity contribution in [3.8, 4) is 5.75 Å². The second kappa shape index (κ2) is 6.43. The van der Waals surface area contributed by atoms with Gasteiger partial charge in [-0.2, -0.15) is 0 Å². The maximum atomic E-state index is 12.2. The van der Waals surface area contributed by atoms with Gasteiger partial charge in [-0.1, -0.05) is 12.1 Å². The van der Waals surface area contributed by atoms with E-state index in [-0.39, 0.29) is 17.8 Å². The van der Waals surface area contributed by atoms with Gasteiger partial charge in [0.1, 0.15) is 5.75 Å². The van der Waals surface area contributed by atoms with Crippen LogP contribution in [0.5, 0.6) is 5.75 Å². The third kappa shape index (κ3) is 4.52. The van der Waals surface area contributed by atoms with E-state index in [1.807, 2.05) is 0 Å². The summed E-state index contributed by atoms with van der Waals surface area (Å²) in [7, 11) is 0. The quantitative estimate of drug-likeness (QED) is 0.899. The van der Waals surface area contributed by atoms with Gasteiger partial charge in [-0.15, -0.1) is 13.2 Å². The number of benzene rings is 1. The largest absolute Gasteiger partial charge is 0.573 e. The van der Waals surface area contributed by atoms with Crippen molar-refractivity contribution in [1.29, 1.82) is 0 Å². The van der Waals surface area contributed by atoms with Gasteiger partial charge in [-0.3, -0.25) is 0 Å². The summed E-state index contributed by atoms with van der Waals surface area (Å²) in [5.41, 5.74) is 6.27. The zero-order chi connectivity index (χ0) is 16.3. The molecule has 1 aliphatic heterocycles. The Morgan fingerprint density at radius 2 is 2.23 bits per heavy atom. The first-order chi connectivity index (χ1) is 10.2. The predicted octanol–water partition coefficient (Wildman–Crippen LogP) is 2.39. The van der Waals surface area contributed by atoms with Crippen LogP contribution in [0, 0.1) is 0 Å². The van der Waals surface area contributed by atoms with Crippen molar-refractivity contribution < 1.29 is 22.7 Å². The lowest BCUT2D eigenvalue weighted by Gasteiger charge is -2.21. The van der Waals surface area contributed by atoms with Crippen molar-refractivity contribution in [2.75, 3.05) is 13.1 Å². The zero-order valence-corrected chi connectivity index (χ0v) is 12.1. The Hall–Kier alpha value is -1.96. The summed E-state index contributed by atoms with van der Waals surface area (Å²) in [4.78, 5) is 13.6. The van der Waals surface area contributed by atoms with Crippen molar-refractivity contribution in [3.63, 3.8) is 0 Å². The van der Waals surface area contributed by atoms with Crippen LogP contribution in [0.2, 0.25) is 0 Å². The zero-order valence-electron chi connectivity index (χ0n) is 12.1. The van der Waals surface area contributed by atoms with Gasteiger partial charge in [-0.05, 0) is 31.0 Å². The number of nitrogens with two attached hydrogens (primary N) is 1. The van der Waals surface area contributed by atoms with Gasteiger partial charge in [0, 0.05) is 19.1 Å². The summed E-state index contributed by atoms with van der Waals surface area (Å²) in [5.74, 6) is -0.311. The fourth-order valence-electron chi connectivity index (χ4n) is 2.31. The Bertz CT molecular complexity index is 536. The highest BCUT2D eigenvalue weighted by Gasteiger charge is 2.31. The number of ether oxygens (including phenoxy) is 1. The summed E-state index contributed by atoms with van der Waals surface area (Å²) in [5, 5.41) is 2.74. The van der Waals surface area contributed by atoms with E-state index >= 15 is 0 Å². The second-order valence-corrected chi connectivity index (χ2v) is 5.29. The number of likely N-dealkylation sites (tertiary alicyclic amines) is 1. The SMILES string of the molecule is CC(NC(=O)N1CC[C@H](N)C1)c1cccc(OC(F)(F)F)c1. The molecule has 1 aliphatic rings. The van der Waals surface area contributed by atoms with Crippen molar-refractivity contribution in [3.05, 3.63) is 29.8 Å². The lowest BCUT2D eigenvalue weighted by Crippen LogP contribution is -2.40. The third-order valence-corrected chi connectivity index (χ3v) is 3.44. The number of halogens is 3. The van der Waals surface area contributed by atoms with Crippen LogP contribution in [0.1, 0.15) is 24.9 Å². The summed E-state index contributed by atoms with van der Waals surface area (Å²) in [6, 6.07) is 4.81. The topological polar surface area (TPSA) is 67.6 Å². The van der Waals surface area contributed by atoms with E-state index in [0.29, 0.717) is 18.7 Å². The summed E-state index contributed by atoms with van der Waals surface area (Å²) < 4.78 is 40.5. The first-order valence-corrected chi connectivity index (χ1v) is 6.91. The van der Waals surface area contributed by atoms with Crippen LogP contribution in [-0.4, -0.2) is 36.4 Å². The number of rotatable bonds is 3. The molecular weight excluding hydrogens is 299 g/mol. The molecule has 0 aliphatic carbocycles. The maximum absolute atomic E-state index is 12.2. The molecule has 1 fully saturated rings. The Morgan fingerprint density at radius 3 is 2.82 bits per heavy atom. The Morgan fingerprint density at radius 1 is 1.50 bits per heavy atom. The van der Waals surface area contributed by atoms with Gasteiger partial charge in [0.25, 0.3) is 0 Å². The fourth-order valence-corrected chi connectivity index (χ4v) is 2.31. The third-order valence-electron chi connectivity index (χ3n) is 3.44. The number of alkyl halides is 3. The van der Waals surface area contributed by atoms with E-state index in [0.717, 1.165) is 6.42 Å². The maximum Gasteiger partial charge on any atom is 0.573 e. The molecule has 2 rings (SSSR count). The fraction of sp³-hybridized carbons (Fsp3) is 0.500. The average molecular weight is 317 g/mol. The first kappa shape index (κ1) is 16.4. The minimum Gasteiger partial charge on any atom is -0.406 e. The predicted molar refractivity (Wildman–Crippen MR) is 74.2 cm³/mol. The van der Waals surface area contributed by atoms with Crippen molar-refractivity contribution >= 4 is 6.03 Å². The van der Waals surface area contributed by atoms with Crippen LogP contribution >= 0.6 is 0 Å². The smallest absolute Gasteiger partial charge is 0.406 e. The van der Waals surface area contributed by atoms with Gasteiger partial charge in [0.05, 0.1) is 6.04 Å². The van der Waals surface area contributed by atoms with Crippen LogP contribution in [0.25, 0.3) is 0 Å². The normalized spacial score (nSPS) is 19.9. The van der Waals surface area contributed by atoms with Gasteiger partial charge in [-0.25, -0.2) is 4.79 Å². The van der Waals surface area contributed by atoms with Crippen LogP contribution in [-0.2, 0) is 0 Å². The summed E-state index contributed by atoms with van der Waals surface area (Å²) >= 11 is 0. The van der Waals surface area contributed by atoms with Crippen LogP contribution in [0.15, 0.2) is 24.3 Å². The number of carbonyl (C=O) groups is 1. The molecule has 1 saturated heterocycles. The van der Waals surface area contributed by atoms with E-state index in [1.165, 1.54) is 18.2 Å². The van der Waals surface area contributed by atoms with Gasteiger partial charge >= 0.3 is 12.4 Å². The highest BCUT2D eigenvalue weighted by atomic mass is 19.4. The van der Waals surface area contributed by atoms with E-state index < -0.39 is 12.4 Å². The molecule has 0 bridgehead atoms. The first-order valence-electron chi connectivity index (χ1n) is 6.91. The summed E-state index contributed by atoms with van der Waals surface area (Å²) in [6.07, 6.45) is -3.99. The number of hydrogen-bond acceptors (Lipinski definition) is 3. The van der Waals surface area contributed by atoms with Crippen molar-refractivity contribution in [2.45, 2.75) is 31.8 Å². The minimum atomic E-state index is -4.74. The lowest BCUT2D eigenvalue weighted by atomic mass is 10.1. The number of nitrogens with zero attached hydrogens (tertiary/aromatic N) is 1. The Balaban J connectivity index is 1.98. The number of carbonyl (C=O) groups excluding carboxylic acids is 1. The highest BCUT2D eigenvalue weighted by molar-refractivity contribution is 5.75. The van der Waals surface area contributed by atoms with E-state index in [2.05, 4.69) is 10.1 Å². The van der Waals surface area contributed by atoms with Crippen LogP contribution in [0.3, 0.4) is 0 Å². The lowest BCUT2D eigenvalue weighted by molar-refractivity contribution is -0.274. The van der Waals surface area contributed by atoms with Crippen molar-refractivity contribution in [2.24, 2.45) is 5.73 Å². The number of urea groups is 1. The van der Waals surface area contributed by atoms with Crippen molar-refractivity contribution in [1.82, 2.24) is 10.2 Å². The minimum absolute atomic E-state index is 0.0235. The van der Waals surface area contributed by atoms with E-state index in [9.17, 15) is 18.0 Å². The molecular formula is C14H18F3N3O2. The number of amides is 2. The monoisotopic (exact) mass is 317 g/mol. The molecule has 1 heterocycles. The molecule has 122 valence electrons. The highest BCUT2D eigenvalue weighted by Crippen LogP contribution is 2.25. The molecule has 1 unspecified atom stereocenters. The molecule has 5 nitrogen and oxygen atoms in total. The molecule has 0 spiro atoms. The molecule has 8 heteroatoms. The van der Waals surface area contributed by atoms with Gasteiger partial charge < -0.3 is 20.7 Å². The Labute approximate surface area is 126 Å². The number of hydrogen-bond donors (Lipinski definition) is 2. The molecule has 0 radical (unpaired) electrons. The van der Waals surface area contributed by atoms with Gasteiger partial charge in [0.2, 0.25) is 0 Å². The molecule has 1 aromatic carbocycles. The molecule has 2 atom stereocenters. The molecule has 2 amide bonds. The Kier molecular flexibility index (Phi) is 4.80. The standard InChI is InChI=1S/C14H18F3N3O2/c1-9(19-13(21)20-6-5-11(18)8-20)10-3-2-4-12(7-10)22-14(15,16)17/h2-4,7,9,11H,5-6,8,18H2,1H3,(H,19,21)/t9?,11-/m0/s1. The second-order valence-electron chi connectivity index (χ2n) is 5.29. The number of nitrogens with one attached hydrogen (secondary N) is 1. The average Bonchev–Trinajstić information content (AvgIpc) is 2.84. The molecule has 1 aromatic rings. The molecule has 22 heavy (non-hydrogen) atoms. The van der Waals surface area contributed by atoms with Crippen LogP contribution < -0.4 is 15.8 Å². The molecule has 3 N–H and O–H groups in total.